The van der Waals surface area contributed by atoms with Gasteiger partial charge in [-0.15, -0.1) is 0 Å². The largest absolute Gasteiger partial charge is 0.261 e. The van der Waals surface area contributed by atoms with E-state index in [2.05, 4.69) is 4.98 Å². The topological polar surface area (TPSA) is 12.9 Å². The molecule has 11 heavy (non-hydrogen) atoms. The van der Waals surface area contributed by atoms with E-state index in [1.807, 2.05) is 19.9 Å². The molecule has 0 saturated carbocycles. The second-order valence-corrected chi connectivity index (χ2v) is 2.66. The van der Waals surface area contributed by atoms with E-state index >= 15 is 0 Å². The van der Waals surface area contributed by atoms with Crippen LogP contribution in [0.5, 0.6) is 0 Å². The first-order valence-electron chi connectivity index (χ1n) is 3.44. The molecule has 1 aromatic heterocycles. The average molecular weight is 151 g/mol. The van der Waals surface area contributed by atoms with E-state index in [-0.39, 0.29) is 5.82 Å². The summed E-state index contributed by atoms with van der Waals surface area (Å²) >= 11 is 0. The minimum Gasteiger partial charge on any atom is -0.261 e. The van der Waals surface area contributed by atoms with Crippen LogP contribution in [0.4, 0.5) is 4.39 Å². The first-order valence-corrected chi connectivity index (χ1v) is 3.44. The van der Waals surface area contributed by atoms with Crippen LogP contribution >= 0.6 is 0 Å². The van der Waals surface area contributed by atoms with Crippen molar-refractivity contribution in [2.24, 2.45) is 0 Å². The fourth-order valence-electron chi connectivity index (χ4n) is 0.841. The molecule has 0 aromatic carbocycles. The van der Waals surface area contributed by atoms with Crippen molar-refractivity contribution in [3.05, 3.63) is 35.4 Å². The van der Waals surface area contributed by atoms with Gasteiger partial charge in [0, 0.05) is 6.20 Å². The molecule has 0 unspecified atom stereocenters. The van der Waals surface area contributed by atoms with E-state index in [9.17, 15) is 4.39 Å². The van der Waals surface area contributed by atoms with Gasteiger partial charge in [0.15, 0.2) is 0 Å². The molecule has 0 bridgehead atoms. The summed E-state index contributed by atoms with van der Waals surface area (Å²) in [6, 6.07) is 1.46. The Morgan fingerprint density at radius 3 is 2.73 bits per heavy atom. The van der Waals surface area contributed by atoms with E-state index in [0.29, 0.717) is 0 Å². The number of allylic oxidation sites excluding steroid dienone is 1. The van der Waals surface area contributed by atoms with Crippen LogP contribution in [0.3, 0.4) is 0 Å². The van der Waals surface area contributed by atoms with Gasteiger partial charge in [-0.05, 0) is 25.5 Å². The van der Waals surface area contributed by atoms with Crippen LogP contribution in [0, 0.1) is 5.82 Å². The molecular formula is C9H10FN. The van der Waals surface area contributed by atoms with Crippen molar-refractivity contribution in [1.82, 2.24) is 4.98 Å². The summed E-state index contributed by atoms with van der Waals surface area (Å²) < 4.78 is 12.5. The van der Waals surface area contributed by atoms with Crippen molar-refractivity contribution in [1.29, 1.82) is 0 Å². The lowest BCUT2D eigenvalue weighted by Gasteiger charge is -1.93. The molecule has 0 aliphatic rings. The molecule has 0 atom stereocenters. The predicted molar refractivity (Wildman–Crippen MR) is 43.5 cm³/mol. The van der Waals surface area contributed by atoms with Crippen LogP contribution in [-0.2, 0) is 0 Å². The summed E-state index contributed by atoms with van der Waals surface area (Å²) in [7, 11) is 0. The van der Waals surface area contributed by atoms with E-state index in [1.165, 1.54) is 12.3 Å². The summed E-state index contributed by atoms with van der Waals surface area (Å²) in [5.41, 5.74) is 1.95. The average Bonchev–Trinajstić information content (AvgIpc) is 1.85. The normalized spacial score (nSPS) is 9.36. The number of nitrogens with zero attached hydrogens (tertiary/aromatic N) is 1. The lowest BCUT2D eigenvalue weighted by atomic mass is 10.2. The highest BCUT2D eigenvalue weighted by atomic mass is 19.1. The SMILES string of the molecule is CC(C)=Cc1cncc(F)c1. The van der Waals surface area contributed by atoms with E-state index in [4.69, 9.17) is 0 Å². The summed E-state index contributed by atoms with van der Waals surface area (Å²) in [5.74, 6) is -0.292. The lowest BCUT2D eigenvalue weighted by molar-refractivity contribution is 0.621. The highest BCUT2D eigenvalue weighted by Crippen LogP contribution is 2.05. The summed E-state index contributed by atoms with van der Waals surface area (Å²) in [6.45, 7) is 3.93. The summed E-state index contributed by atoms with van der Waals surface area (Å²) in [5, 5.41) is 0. The zero-order chi connectivity index (χ0) is 8.27. The lowest BCUT2D eigenvalue weighted by Crippen LogP contribution is -1.80. The van der Waals surface area contributed by atoms with Gasteiger partial charge in [-0.1, -0.05) is 11.6 Å². The third-order valence-corrected chi connectivity index (χ3v) is 1.18. The standard InChI is InChI=1S/C9H10FN/c1-7(2)3-8-4-9(10)6-11-5-8/h3-6H,1-2H3. The molecule has 0 aliphatic heterocycles. The molecule has 2 heteroatoms. The molecule has 0 saturated heterocycles. The highest BCUT2D eigenvalue weighted by molar-refractivity contribution is 5.50. The second-order valence-electron chi connectivity index (χ2n) is 2.66. The van der Waals surface area contributed by atoms with Gasteiger partial charge in [0.2, 0.25) is 0 Å². The minimum absolute atomic E-state index is 0.292. The molecule has 1 heterocycles. The number of halogens is 1. The number of aromatic nitrogens is 1. The van der Waals surface area contributed by atoms with Gasteiger partial charge in [0.05, 0.1) is 6.20 Å². The van der Waals surface area contributed by atoms with Crippen LogP contribution in [-0.4, -0.2) is 4.98 Å². The van der Waals surface area contributed by atoms with Gasteiger partial charge in [-0.2, -0.15) is 0 Å². The van der Waals surface area contributed by atoms with Crippen molar-refractivity contribution >= 4 is 6.08 Å². The van der Waals surface area contributed by atoms with Crippen molar-refractivity contribution < 1.29 is 4.39 Å². The van der Waals surface area contributed by atoms with E-state index in [0.717, 1.165) is 11.1 Å². The predicted octanol–water partition coefficient (Wildman–Crippen LogP) is 2.64. The van der Waals surface area contributed by atoms with Crippen LogP contribution in [0.1, 0.15) is 19.4 Å². The van der Waals surface area contributed by atoms with Gasteiger partial charge in [-0.3, -0.25) is 4.98 Å². The Labute approximate surface area is 65.6 Å². The summed E-state index contributed by atoms with van der Waals surface area (Å²) in [6.07, 6.45) is 4.72. The number of pyridine rings is 1. The Hall–Kier alpha value is -1.18. The Morgan fingerprint density at radius 1 is 1.45 bits per heavy atom. The molecule has 58 valence electrons. The third kappa shape index (κ3) is 2.50. The molecule has 0 spiro atoms. The Bertz CT molecular complexity index is 275. The zero-order valence-corrected chi connectivity index (χ0v) is 6.63. The molecule has 0 aliphatic carbocycles. The fourth-order valence-corrected chi connectivity index (χ4v) is 0.841. The number of hydrogen-bond donors (Lipinski definition) is 0. The van der Waals surface area contributed by atoms with Crippen molar-refractivity contribution in [2.45, 2.75) is 13.8 Å². The molecule has 1 nitrogen and oxygen atoms in total. The van der Waals surface area contributed by atoms with Crippen molar-refractivity contribution in [2.75, 3.05) is 0 Å². The smallest absolute Gasteiger partial charge is 0.142 e. The molecule has 1 rings (SSSR count). The Morgan fingerprint density at radius 2 is 2.18 bits per heavy atom. The maximum Gasteiger partial charge on any atom is 0.142 e. The Balaban J connectivity index is 2.97. The molecule has 0 radical (unpaired) electrons. The van der Waals surface area contributed by atoms with Gasteiger partial charge >= 0.3 is 0 Å². The molecule has 0 amide bonds. The van der Waals surface area contributed by atoms with Crippen LogP contribution in [0.15, 0.2) is 24.0 Å². The maximum absolute atomic E-state index is 12.5. The third-order valence-electron chi connectivity index (χ3n) is 1.18. The first kappa shape index (κ1) is 7.92. The number of rotatable bonds is 1. The Kier molecular flexibility index (Phi) is 2.36. The quantitative estimate of drug-likeness (QED) is 0.601. The van der Waals surface area contributed by atoms with Crippen LogP contribution < -0.4 is 0 Å². The van der Waals surface area contributed by atoms with Gasteiger partial charge in [0.1, 0.15) is 5.82 Å². The zero-order valence-electron chi connectivity index (χ0n) is 6.63. The maximum atomic E-state index is 12.5. The highest BCUT2D eigenvalue weighted by Gasteiger charge is 1.90. The number of hydrogen-bond acceptors (Lipinski definition) is 1. The van der Waals surface area contributed by atoms with Crippen LogP contribution in [0.25, 0.3) is 6.08 Å². The van der Waals surface area contributed by atoms with Crippen molar-refractivity contribution in [3.8, 4) is 0 Å². The fraction of sp³-hybridized carbons (Fsp3) is 0.222. The van der Waals surface area contributed by atoms with E-state index in [1.54, 1.807) is 6.20 Å². The first-order chi connectivity index (χ1) is 5.18. The van der Waals surface area contributed by atoms with Crippen molar-refractivity contribution in [3.63, 3.8) is 0 Å². The summed E-state index contributed by atoms with van der Waals surface area (Å²) in [4.78, 5) is 3.72. The monoisotopic (exact) mass is 151 g/mol. The second kappa shape index (κ2) is 3.28. The minimum atomic E-state index is -0.292. The molecule has 1 aromatic rings. The molecular weight excluding hydrogens is 141 g/mol. The molecule has 0 fully saturated rings. The van der Waals surface area contributed by atoms with Crippen LogP contribution in [0.2, 0.25) is 0 Å². The van der Waals surface area contributed by atoms with Gasteiger partial charge in [0.25, 0.3) is 0 Å². The molecule has 0 N–H and O–H groups in total. The van der Waals surface area contributed by atoms with E-state index < -0.39 is 0 Å². The van der Waals surface area contributed by atoms with Gasteiger partial charge < -0.3 is 0 Å². The van der Waals surface area contributed by atoms with Gasteiger partial charge in [-0.25, -0.2) is 4.39 Å².